The van der Waals surface area contributed by atoms with E-state index in [9.17, 15) is 4.79 Å². The molecule has 0 aliphatic carbocycles. The van der Waals surface area contributed by atoms with E-state index >= 15 is 0 Å². The van der Waals surface area contributed by atoms with Gasteiger partial charge in [-0.15, -0.1) is 4.98 Å². The number of ether oxygens (including phenoxy) is 2. The van der Waals surface area contributed by atoms with Crippen molar-refractivity contribution in [3.8, 4) is 12.0 Å². The van der Waals surface area contributed by atoms with Gasteiger partial charge in [0.25, 0.3) is 5.91 Å². The summed E-state index contributed by atoms with van der Waals surface area (Å²) in [5, 5.41) is 4.29. The van der Waals surface area contributed by atoms with Gasteiger partial charge in [0.15, 0.2) is 5.69 Å². The summed E-state index contributed by atoms with van der Waals surface area (Å²) >= 11 is 0. The summed E-state index contributed by atoms with van der Waals surface area (Å²) in [6.07, 6.45) is 1.62. The van der Waals surface area contributed by atoms with Crippen LogP contribution in [0.3, 0.4) is 0 Å². The molecule has 1 saturated heterocycles. The molecule has 3 heterocycles. The van der Waals surface area contributed by atoms with E-state index in [0.717, 1.165) is 31.6 Å². The molecule has 0 saturated carbocycles. The zero-order valence-electron chi connectivity index (χ0n) is 16.3. The average molecular weight is 375 g/mol. The predicted molar refractivity (Wildman–Crippen MR) is 98.2 cm³/mol. The van der Waals surface area contributed by atoms with Crippen molar-refractivity contribution in [2.24, 2.45) is 7.05 Å². The zero-order chi connectivity index (χ0) is 19.6. The van der Waals surface area contributed by atoms with Crippen LogP contribution in [0.1, 0.15) is 29.0 Å². The summed E-state index contributed by atoms with van der Waals surface area (Å²) in [4.78, 5) is 29.1. The molecule has 2 aromatic heterocycles. The van der Waals surface area contributed by atoms with Crippen LogP contribution in [-0.4, -0.2) is 75.9 Å². The second kappa shape index (κ2) is 7.77. The largest absolute Gasteiger partial charge is 0.467 e. The molecule has 0 aromatic carbocycles. The molecule has 0 bridgehead atoms. The Kier molecular flexibility index (Phi) is 5.43. The van der Waals surface area contributed by atoms with Crippen molar-refractivity contribution in [2.75, 3.05) is 39.3 Å². The van der Waals surface area contributed by atoms with E-state index in [-0.39, 0.29) is 24.0 Å². The molecule has 0 N–H and O–H groups in total. The number of nitrogens with zero attached hydrogens (tertiary/aromatic N) is 7. The SMILES string of the molecule is COc1nc(OC)nc(N2CCC(N(C)C(=O)c3cc(C)n(C)n3)CC2)n1. The number of hydrogen-bond acceptors (Lipinski definition) is 8. The number of piperidine rings is 1. The second-order valence-corrected chi connectivity index (χ2v) is 6.54. The Labute approximate surface area is 158 Å². The van der Waals surface area contributed by atoms with Crippen LogP contribution in [0.15, 0.2) is 6.07 Å². The van der Waals surface area contributed by atoms with Gasteiger partial charge in [-0.05, 0) is 25.8 Å². The third-order valence-electron chi connectivity index (χ3n) is 4.90. The van der Waals surface area contributed by atoms with Gasteiger partial charge in [-0.25, -0.2) is 0 Å². The van der Waals surface area contributed by atoms with Crippen molar-refractivity contribution in [1.29, 1.82) is 0 Å². The van der Waals surface area contributed by atoms with Gasteiger partial charge in [-0.2, -0.15) is 15.1 Å². The van der Waals surface area contributed by atoms with Crippen molar-refractivity contribution in [2.45, 2.75) is 25.8 Å². The number of methoxy groups -OCH3 is 2. The van der Waals surface area contributed by atoms with Crippen molar-refractivity contribution in [3.05, 3.63) is 17.5 Å². The van der Waals surface area contributed by atoms with E-state index < -0.39 is 0 Å². The summed E-state index contributed by atoms with van der Waals surface area (Å²) in [5.41, 5.74) is 1.44. The minimum atomic E-state index is -0.0550. The third-order valence-corrected chi connectivity index (χ3v) is 4.90. The zero-order valence-corrected chi connectivity index (χ0v) is 16.3. The van der Waals surface area contributed by atoms with Crippen LogP contribution in [0.2, 0.25) is 0 Å². The summed E-state index contributed by atoms with van der Waals surface area (Å²) in [6, 6.07) is 2.40. The van der Waals surface area contributed by atoms with E-state index in [0.29, 0.717) is 11.6 Å². The minimum Gasteiger partial charge on any atom is -0.467 e. The highest BCUT2D eigenvalue weighted by Crippen LogP contribution is 2.23. The van der Waals surface area contributed by atoms with E-state index in [4.69, 9.17) is 9.47 Å². The first-order chi connectivity index (χ1) is 12.9. The van der Waals surface area contributed by atoms with Gasteiger partial charge in [0.05, 0.1) is 14.2 Å². The van der Waals surface area contributed by atoms with E-state index in [2.05, 4.69) is 20.1 Å². The summed E-state index contributed by atoms with van der Waals surface area (Å²) in [7, 11) is 6.68. The molecule has 146 valence electrons. The highest BCUT2D eigenvalue weighted by molar-refractivity contribution is 5.92. The lowest BCUT2D eigenvalue weighted by Gasteiger charge is -2.36. The Hall–Kier alpha value is -2.91. The molecule has 0 unspecified atom stereocenters. The van der Waals surface area contributed by atoms with E-state index in [1.165, 1.54) is 14.2 Å². The number of rotatable bonds is 5. The number of hydrogen-bond donors (Lipinski definition) is 0. The van der Waals surface area contributed by atoms with Crippen LogP contribution in [0, 0.1) is 6.92 Å². The van der Waals surface area contributed by atoms with Gasteiger partial charge in [0.2, 0.25) is 5.95 Å². The van der Waals surface area contributed by atoms with Gasteiger partial charge in [0, 0.05) is 38.9 Å². The predicted octanol–water partition coefficient (Wildman–Crippen LogP) is 0.672. The first-order valence-corrected chi connectivity index (χ1v) is 8.79. The fourth-order valence-corrected chi connectivity index (χ4v) is 3.12. The molecule has 0 spiro atoms. The van der Waals surface area contributed by atoms with Crippen LogP contribution >= 0.6 is 0 Å². The number of carbonyl (C=O) groups excluding carboxylic acids is 1. The molecule has 1 amide bonds. The van der Waals surface area contributed by atoms with Crippen LogP contribution in [-0.2, 0) is 7.05 Å². The van der Waals surface area contributed by atoms with E-state index in [1.54, 1.807) is 9.58 Å². The topological polar surface area (TPSA) is 98.5 Å². The Morgan fingerprint density at radius 1 is 1.15 bits per heavy atom. The molecule has 0 radical (unpaired) electrons. The van der Waals surface area contributed by atoms with Crippen molar-refractivity contribution in [1.82, 2.24) is 29.6 Å². The summed E-state index contributed by atoms with van der Waals surface area (Å²) in [5.74, 6) is 0.465. The van der Waals surface area contributed by atoms with Gasteiger partial charge in [0.1, 0.15) is 0 Å². The quantitative estimate of drug-likeness (QED) is 0.752. The molecule has 27 heavy (non-hydrogen) atoms. The highest BCUT2D eigenvalue weighted by atomic mass is 16.5. The smallest absolute Gasteiger partial charge is 0.324 e. The molecule has 1 aliphatic rings. The molecule has 1 fully saturated rings. The molecule has 3 rings (SSSR count). The Morgan fingerprint density at radius 3 is 2.22 bits per heavy atom. The minimum absolute atomic E-state index is 0.0550. The second-order valence-electron chi connectivity index (χ2n) is 6.54. The maximum Gasteiger partial charge on any atom is 0.324 e. The lowest BCUT2D eigenvalue weighted by molar-refractivity contribution is 0.0702. The van der Waals surface area contributed by atoms with Crippen LogP contribution in [0.4, 0.5) is 5.95 Å². The van der Waals surface area contributed by atoms with Gasteiger partial charge < -0.3 is 19.3 Å². The maximum atomic E-state index is 12.7. The summed E-state index contributed by atoms with van der Waals surface area (Å²) < 4.78 is 11.9. The standard InChI is InChI=1S/C17H25N7O3/c1-11-10-13(21-23(11)3)14(25)22(2)12-6-8-24(9-7-12)15-18-16(26-4)20-17(19-15)27-5/h10,12H,6-9H2,1-5H3. The summed E-state index contributed by atoms with van der Waals surface area (Å²) in [6.45, 7) is 3.37. The fraction of sp³-hybridized carbons (Fsp3) is 0.588. The number of amides is 1. The molecule has 10 nitrogen and oxygen atoms in total. The molecule has 1 aliphatic heterocycles. The molecule has 10 heteroatoms. The highest BCUT2D eigenvalue weighted by Gasteiger charge is 2.28. The number of aryl methyl sites for hydroxylation is 2. The van der Waals surface area contributed by atoms with Crippen LogP contribution < -0.4 is 14.4 Å². The molecular formula is C17H25N7O3. The van der Waals surface area contributed by atoms with Gasteiger partial charge in [-0.3, -0.25) is 9.48 Å². The first kappa shape index (κ1) is 18.9. The lowest BCUT2D eigenvalue weighted by Crippen LogP contribution is -2.46. The average Bonchev–Trinajstić information content (AvgIpc) is 3.05. The van der Waals surface area contributed by atoms with Gasteiger partial charge in [-0.1, -0.05) is 0 Å². The van der Waals surface area contributed by atoms with Crippen LogP contribution in [0.25, 0.3) is 0 Å². The molecule has 2 aromatic rings. The van der Waals surface area contributed by atoms with Crippen LogP contribution in [0.5, 0.6) is 12.0 Å². The normalized spacial score (nSPS) is 14.9. The number of anilines is 1. The monoisotopic (exact) mass is 375 g/mol. The Morgan fingerprint density at radius 2 is 1.74 bits per heavy atom. The number of aromatic nitrogens is 5. The third kappa shape index (κ3) is 3.93. The van der Waals surface area contributed by atoms with Crippen molar-refractivity contribution >= 4 is 11.9 Å². The number of carbonyl (C=O) groups is 1. The fourth-order valence-electron chi connectivity index (χ4n) is 3.12. The van der Waals surface area contributed by atoms with Gasteiger partial charge >= 0.3 is 12.0 Å². The van der Waals surface area contributed by atoms with Crippen molar-refractivity contribution < 1.29 is 14.3 Å². The Bertz CT molecular complexity index is 773. The first-order valence-electron chi connectivity index (χ1n) is 8.79. The molecule has 0 atom stereocenters. The van der Waals surface area contributed by atoms with Crippen molar-refractivity contribution in [3.63, 3.8) is 0 Å². The van der Waals surface area contributed by atoms with E-state index in [1.807, 2.05) is 32.0 Å². The lowest BCUT2D eigenvalue weighted by atomic mass is 10.0. The Balaban J connectivity index is 1.65. The molecular weight excluding hydrogens is 350 g/mol. The maximum absolute atomic E-state index is 12.7.